The molecule has 0 saturated carbocycles. The van der Waals surface area contributed by atoms with Crippen molar-refractivity contribution < 1.29 is 29.3 Å². The average molecular weight is 473 g/mol. The molecule has 35 heavy (non-hydrogen) atoms. The summed E-state index contributed by atoms with van der Waals surface area (Å²) >= 11 is 0. The number of pyridine rings is 1. The summed E-state index contributed by atoms with van der Waals surface area (Å²) in [5.74, 6) is -1.82. The van der Waals surface area contributed by atoms with E-state index >= 15 is 0 Å². The van der Waals surface area contributed by atoms with Crippen LogP contribution >= 0.6 is 0 Å². The molecule has 3 aromatic rings. The maximum atomic E-state index is 12.8. The lowest BCUT2D eigenvalue weighted by Crippen LogP contribution is -2.41. The number of β-amino-alcohol motifs (C(OH)–C–C–N with tert-alkyl or cyclic N) is 1. The van der Waals surface area contributed by atoms with Crippen LogP contribution in [-0.4, -0.2) is 63.4 Å². The fraction of sp³-hybridized carbons (Fsp3) is 0.231. The van der Waals surface area contributed by atoms with Crippen LogP contribution in [0.1, 0.15) is 34.0 Å². The molecule has 2 atom stereocenters. The van der Waals surface area contributed by atoms with Crippen molar-refractivity contribution in [3.63, 3.8) is 0 Å². The van der Waals surface area contributed by atoms with Gasteiger partial charge in [0.2, 0.25) is 0 Å². The number of nitrogens with zero attached hydrogens (tertiary/aromatic N) is 2. The summed E-state index contributed by atoms with van der Waals surface area (Å²) in [7, 11) is 0. The van der Waals surface area contributed by atoms with E-state index in [4.69, 9.17) is 4.74 Å². The zero-order chi connectivity index (χ0) is 24.5. The highest BCUT2D eigenvalue weighted by molar-refractivity contribution is 5.96. The highest BCUT2D eigenvalue weighted by atomic mass is 16.5. The van der Waals surface area contributed by atoms with E-state index in [2.05, 4.69) is 22.4 Å². The first-order chi connectivity index (χ1) is 16.9. The fourth-order valence-electron chi connectivity index (χ4n) is 4.78. The number of aromatic nitrogens is 1. The van der Waals surface area contributed by atoms with Crippen LogP contribution in [0.2, 0.25) is 0 Å². The first-order valence-electron chi connectivity index (χ1n) is 11.2. The number of nitrogens with one attached hydrogen (secondary N) is 1. The number of amides is 2. The molecule has 0 radical (unpaired) electrons. The number of ether oxygens (including phenoxy) is 1. The highest BCUT2D eigenvalue weighted by Gasteiger charge is 2.39. The fourth-order valence-corrected chi connectivity index (χ4v) is 4.78. The van der Waals surface area contributed by atoms with E-state index < -0.39 is 30.1 Å². The number of carboxylic acid groups (broad SMARTS) is 1. The van der Waals surface area contributed by atoms with Gasteiger partial charge in [-0.3, -0.25) is 10.1 Å². The van der Waals surface area contributed by atoms with E-state index in [0.29, 0.717) is 0 Å². The number of benzene rings is 2. The molecule has 2 aromatic carbocycles. The number of carboxylic acids is 1. The molecule has 2 amide bonds. The molecule has 1 aliphatic heterocycles. The Bertz CT molecular complexity index is 1260. The lowest BCUT2D eigenvalue weighted by atomic mass is 9.98. The van der Waals surface area contributed by atoms with Crippen LogP contribution in [-0.2, 0) is 9.53 Å². The van der Waals surface area contributed by atoms with Crippen molar-refractivity contribution in [2.45, 2.75) is 24.5 Å². The van der Waals surface area contributed by atoms with Crippen LogP contribution in [0.15, 0.2) is 66.7 Å². The third kappa shape index (κ3) is 4.33. The predicted molar refractivity (Wildman–Crippen MR) is 126 cm³/mol. The molecule has 9 heteroatoms. The van der Waals surface area contributed by atoms with Crippen LogP contribution in [0, 0.1) is 0 Å². The van der Waals surface area contributed by atoms with E-state index in [1.807, 2.05) is 36.4 Å². The van der Waals surface area contributed by atoms with Gasteiger partial charge in [-0.05, 0) is 34.4 Å². The van der Waals surface area contributed by atoms with Gasteiger partial charge in [-0.15, -0.1) is 0 Å². The number of likely N-dealkylation sites (tertiary alicyclic amines) is 1. The Kier molecular flexibility index (Phi) is 5.92. The molecule has 1 aliphatic carbocycles. The van der Waals surface area contributed by atoms with Gasteiger partial charge in [0.25, 0.3) is 5.91 Å². The van der Waals surface area contributed by atoms with Gasteiger partial charge in [0.15, 0.2) is 0 Å². The van der Waals surface area contributed by atoms with Crippen LogP contribution < -0.4 is 5.32 Å². The molecule has 1 saturated heterocycles. The van der Waals surface area contributed by atoms with Gasteiger partial charge < -0.3 is 19.8 Å². The minimum absolute atomic E-state index is 0.0400. The van der Waals surface area contributed by atoms with Gasteiger partial charge in [-0.25, -0.2) is 14.6 Å². The monoisotopic (exact) mass is 473 g/mol. The van der Waals surface area contributed by atoms with Gasteiger partial charge >= 0.3 is 12.1 Å². The number of hydrogen-bond donors (Lipinski definition) is 3. The quantitative estimate of drug-likeness (QED) is 0.519. The second-order valence-electron chi connectivity index (χ2n) is 8.56. The Labute approximate surface area is 201 Å². The van der Waals surface area contributed by atoms with E-state index in [0.717, 1.165) is 27.2 Å². The van der Waals surface area contributed by atoms with Crippen molar-refractivity contribution in [2.24, 2.45) is 0 Å². The zero-order valence-electron chi connectivity index (χ0n) is 18.6. The molecule has 0 bridgehead atoms. The van der Waals surface area contributed by atoms with Gasteiger partial charge in [0.05, 0.1) is 6.10 Å². The number of aliphatic carboxylic acids is 1. The van der Waals surface area contributed by atoms with Gasteiger partial charge in [0, 0.05) is 18.9 Å². The third-order valence-electron chi connectivity index (χ3n) is 6.37. The van der Waals surface area contributed by atoms with Crippen molar-refractivity contribution in [3.05, 3.63) is 83.6 Å². The van der Waals surface area contributed by atoms with Crippen molar-refractivity contribution in [3.8, 4) is 11.1 Å². The Balaban J connectivity index is 1.26. The standard InChI is InChI=1S/C26H23N3O6/c30-15-12-22(25(32)33)29(13-15)24(31)21-10-5-11-23(27-21)28-26(34)35-14-20-18-8-3-1-6-16(18)17-7-2-4-9-19(17)20/h1-11,15,20,22,30H,12-14H2,(H,32,33)(H,27,28,34)/t15-,22-/m1/s1. The summed E-state index contributed by atoms with van der Waals surface area (Å²) in [6.07, 6.45) is -1.68. The van der Waals surface area contributed by atoms with Gasteiger partial charge in [-0.2, -0.15) is 0 Å². The Hall–Kier alpha value is -4.24. The highest BCUT2D eigenvalue weighted by Crippen LogP contribution is 2.44. The van der Waals surface area contributed by atoms with Crippen molar-refractivity contribution in [2.75, 3.05) is 18.5 Å². The molecule has 1 aromatic heterocycles. The maximum Gasteiger partial charge on any atom is 0.412 e. The summed E-state index contributed by atoms with van der Waals surface area (Å²) in [5, 5.41) is 21.7. The topological polar surface area (TPSA) is 129 Å². The molecular formula is C26H23N3O6. The second-order valence-corrected chi connectivity index (χ2v) is 8.56. The molecule has 178 valence electrons. The molecule has 0 unspecified atom stereocenters. The summed E-state index contributed by atoms with van der Waals surface area (Å²) < 4.78 is 5.51. The number of fused-ring (bicyclic) bond motifs is 3. The molecule has 1 fully saturated rings. The van der Waals surface area contributed by atoms with Crippen LogP contribution in [0.5, 0.6) is 0 Å². The van der Waals surface area contributed by atoms with Crippen LogP contribution in [0.25, 0.3) is 11.1 Å². The van der Waals surface area contributed by atoms with E-state index in [1.165, 1.54) is 18.2 Å². The lowest BCUT2D eigenvalue weighted by Gasteiger charge is -2.20. The SMILES string of the molecule is O=C(Nc1cccc(C(=O)N2C[C@H](O)C[C@@H]2C(=O)O)n1)OCC1c2ccccc2-c2ccccc21. The zero-order valence-corrected chi connectivity index (χ0v) is 18.6. The Morgan fingerprint density at radius 2 is 1.63 bits per heavy atom. The molecule has 2 heterocycles. The number of carbonyl (C=O) groups excluding carboxylic acids is 2. The van der Waals surface area contributed by atoms with Crippen LogP contribution in [0.3, 0.4) is 0 Å². The van der Waals surface area contributed by atoms with E-state index in [9.17, 15) is 24.6 Å². The summed E-state index contributed by atoms with van der Waals surface area (Å²) in [6, 6.07) is 19.4. The van der Waals surface area contributed by atoms with E-state index in [-0.39, 0.29) is 37.0 Å². The predicted octanol–water partition coefficient (Wildman–Crippen LogP) is 3.10. The first-order valence-corrected chi connectivity index (χ1v) is 11.2. The first kappa shape index (κ1) is 22.5. The summed E-state index contributed by atoms with van der Waals surface area (Å²) in [6.45, 7) is 0.0337. The smallest absolute Gasteiger partial charge is 0.412 e. The average Bonchev–Trinajstić information content (AvgIpc) is 3.41. The second kappa shape index (κ2) is 9.19. The molecule has 5 rings (SSSR count). The summed E-state index contributed by atoms with van der Waals surface area (Å²) in [4.78, 5) is 42.0. The number of carbonyl (C=O) groups is 3. The van der Waals surface area contributed by atoms with E-state index in [1.54, 1.807) is 0 Å². The van der Waals surface area contributed by atoms with Crippen molar-refractivity contribution in [1.29, 1.82) is 0 Å². The van der Waals surface area contributed by atoms with Gasteiger partial charge in [-0.1, -0.05) is 54.6 Å². The number of aliphatic hydroxyl groups excluding tert-OH is 1. The molecule has 0 spiro atoms. The molecular weight excluding hydrogens is 450 g/mol. The minimum Gasteiger partial charge on any atom is -0.480 e. The number of aliphatic hydroxyl groups is 1. The van der Waals surface area contributed by atoms with Crippen molar-refractivity contribution >= 4 is 23.8 Å². The Morgan fingerprint density at radius 3 is 2.29 bits per heavy atom. The summed E-state index contributed by atoms with van der Waals surface area (Å²) in [5.41, 5.74) is 4.39. The molecule has 9 nitrogen and oxygen atoms in total. The Morgan fingerprint density at radius 1 is 0.971 bits per heavy atom. The normalized spacial score (nSPS) is 18.6. The largest absolute Gasteiger partial charge is 0.480 e. The lowest BCUT2D eigenvalue weighted by molar-refractivity contribution is -0.141. The minimum atomic E-state index is -1.19. The number of rotatable bonds is 5. The molecule has 2 aliphatic rings. The van der Waals surface area contributed by atoms with Gasteiger partial charge in [0.1, 0.15) is 24.2 Å². The van der Waals surface area contributed by atoms with Crippen molar-refractivity contribution in [1.82, 2.24) is 9.88 Å². The van der Waals surface area contributed by atoms with Crippen LogP contribution in [0.4, 0.5) is 10.6 Å². The number of hydrogen-bond acceptors (Lipinski definition) is 6. The third-order valence-corrected chi connectivity index (χ3v) is 6.37. The maximum absolute atomic E-state index is 12.8. The molecule has 3 N–H and O–H groups in total. The number of anilines is 1.